The zero-order valence-corrected chi connectivity index (χ0v) is 20.6. The zero-order chi connectivity index (χ0) is 22.7. The van der Waals surface area contributed by atoms with E-state index >= 15 is 0 Å². The second kappa shape index (κ2) is 9.70. The lowest BCUT2D eigenvalue weighted by Gasteiger charge is -2.07. The molecule has 9 heteroatoms. The summed E-state index contributed by atoms with van der Waals surface area (Å²) >= 11 is 6.89. The maximum atomic E-state index is 12.9. The Morgan fingerprint density at radius 1 is 1.16 bits per heavy atom. The number of aryl methyl sites for hydroxylation is 2. The lowest BCUT2D eigenvalue weighted by atomic mass is 10.2. The molecular formula is C23H20Br2N4O3. The summed E-state index contributed by atoms with van der Waals surface area (Å²) in [6.07, 6.45) is 1.81. The number of benzene rings is 2. The van der Waals surface area contributed by atoms with Crippen molar-refractivity contribution in [1.29, 1.82) is 0 Å². The Bertz CT molecular complexity index is 1250. The quantitative estimate of drug-likeness (QED) is 0.305. The van der Waals surface area contributed by atoms with Gasteiger partial charge in [-0.15, -0.1) is 0 Å². The van der Waals surface area contributed by atoms with E-state index in [2.05, 4.69) is 47.4 Å². The van der Waals surface area contributed by atoms with Crippen LogP contribution in [0.15, 0.2) is 68.2 Å². The number of nitrogens with zero attached hydrogens (tertiary/aromatic N) is 3. The van der Waals surface area contributed by atoms with Crippen molar-refractivity contribution in [3.63, 3.8) is 0 Å². The van der Waals surface area contributed by atoms with Crippen LogP contribution in [-0.2, 0) is 13.2 Å². The van der Waals surface area contributed by atoms with Gasteiger partial charge in [-0.1, -0.05) is 45.4 Å². The first-order valence-electron chi connectivity index (χ1n) is 9.82. The molecule has 7 nitrogen and oxygen atoms in total. The predicted molar refractivity (Wildman–Crippen MR) is 128 cm³/mol. The molecule has 4 aromatic rings. The van der Waals surface area contributed by atoms with Crippen LogP contribution in [0, 0.1) is 13.8 Å². The molecule has 0 bridgehead atoms. The Morgan fingerprint density at radius 2 is 1.94 bits per heavy atom. The third kappa shape index (κ3) is 5.28. The third-order valence-corrected chi connectivity index (χ3v) is 5.89. The zero-order valence-electron chi connectivity index (χ0n) is 17.4. The van der Waals surface area contributed by atoms with Crippen molar-refractivity contribution in [1.82, 2.24) is 14.9 Å². The first kappa shape index (κ1) is 22.3. The van der Waals surface area contributed by atoms with Crippen LogP contribution in [0.5, 0.6) is 5.75 Å². The number of carbonyl (C=O) groups excluding carboxylic acids is 1. The number of carbonyl (C=O) groups is 1. The second-order valence-corrected chi connectivity index (χ2v) is 9.04. The van der Waals surface area contributed by atoms with Gasteiger partial charge in [-0.3, -0.25) is 9.48 Å². The van der Waals surface area contributed by atoms with E-state index in [1.807, 2.05) is 61.7 Å². The van der Waals surface area contributed by atoms with Gasteiger partial charge in [-0.2, -0.15) is 5.10 Å². The van der Waals surface area contributed by atoms with Crippen molar-refractivity contribution in [2.45, 2.75) is 27.0 Å². The van der Waals surface area contributed by atoms with E-state index in [4.69, 9.17) is 9.26 Å². The largest absolute Gasteiger partial charge is 0.489 e. The number of anilines is 1. The normalized spacial score (nSPS) is 10.9. The highest BCUT2D eigenvalue weighted by Gasteiger charge is 2.22. The Morgan fingerprint density at radius 3 is 2.69 bits per heavy atom. The summed E-state index contributed by atoms with van der Waals surface area (Å²) in [6, 6.07) is 15.7. The number of rotatable bonds is 7. The van der Waals surface area contributed by atoms with Crippen LogP contribution < -0.4 is 10.1 Å². The molecule has 0 spiro atoms. The molecule has 0 fully saturated rings. The van der Waals surface area contributed by atoms with Gasteiger partial charge in [0.1, 0.15) is 18.1 Å². The van der Waals surface area contributed by atoms with Crippen LogP contribution >= 0.6 is 31.9 Å². The van der Waals surface area contributed by atoms with Crippen LogP contribution in [0.25, 0.3) is 0 Å². The summed E-state index contributed by atoms with van der Waals surface area (Å²) in [5.41, 5.74) is 2.94. The first-order valence-corrected chi connectivity index (χ1v) is 11.4. The molecule has 0 aliphatic heterocycles. The molecule has 1 amide bonds. The number of hydrogen-bond acceptors (Lipinski definition) is 5. The van der Waals surface area contributed by atoms with Crippen molar-refractivity contribution in [3.8, 4) is 5.75 Å². The van der Waals surface area contributed by atoms with E-state index < -0.39 is 5.91 Å². The minimum atomic E-state index is -0.417. The average molecular weight is 560 g/mol. The van der Waals surface area contributed by atoms with Gasteiger partial charge in [0.2, 0.25) is 0 Å². The summed E-state index contributed by atoms with van der Waals surface area (Å²) in [4.78, 5) is 12.9. The molecule has 0 saturated heterocycles. The van der Waals surface area contributed by atoms with Gasteiger partial charge in [0.25, 0.3) is 5.91 Å². The molecule has 0 aliphatic carbocycles. The van der Waals surface area contributed by atoms with Crippen LogP contribution in [-0.4, -0.2) is 20.8 Å². The molecule has 0 radical (unpaired) electrons. The molecule has 32 heavy (non-hydrogen) atoms. The van der Waals surface area contributed by atoms with E-state index in [1.54, 1.807) is 11.6 Å². The van der Waals surface area contributed by atoms with Crippen molar-refractivity contribution in [2.24, 2.45) is 0 Å². The molecule has 0 saturated carbocycles. The Hall–Kier alpha value is -2.91. The number of nitrogens with one attached hydrogen (secondary N) is 1. The number of halogens is 2. The summed E-state index contributed by atoms with van der Waals surface area (Å²) < 4.78 is 14.5. The molecule has 0 unspecified atom stereocenters. The number of amides is 1. The molecule has 4 rings (SSSR count). The van der Waals surface area contributed by atoms with Gasteiger partial charge in [-0.05, 0) is 65.2 Å². The highest BCUT2D eigenvalue weighted by Crippen LogP contribution is 2.24. The van der Waals surface area contributed by atoms with E-state index in [1.165, 1.54) is 0 Å². The van der Waals surface area contributed by atoms with Crippen molar-refractivity contribution < 1.29 is 14.1 Å². The summed E-state index contributed by atoms with van der Waals surface area (Å²) in [7, 11) is 0. The maximum Gasteiger partial charge on any atom is 0.279 e. The van der Waals surface area contributed by atoms with Crippen LogP contribution in [0.3, 0.4) is 0 Å². The Labute approximate surface area is 202 Å². The summed E-state index contributed by atoms with van der Waals surface area (Å²) in [6.45, 7) is 4.48. The Kier molecular flexibility index (Phi) is 6.76. The smallest absolute Gasteiger partial charge is 0.279 e. The lowest BCUT2D eigenvalue weighted by Crippen LogP contribution is -2.16. The first-order chi connectivity index (χ1) is 15.4. The second-order valence-electron chi connectivity index (χ2n) is 7.27. The fourth-order valence-corrected chi connectivity index (χ4v) is 3.79. The fraction of sp³-hybridized carbons (Fsp3) is 0.174. The van der Waals surface area contributed by atoms with Crippen LogP contribution in [0.2, 0.25) is 0 Å². The fourth-order valence-electron chi connectivity index (χ4n) is 3.11. The van der Waals surface area contributed by atoms with Gasteiger partial charge < -0.3 is 14.6 Å². The van der Waals surface area contributed by atoms with E-state index in [9.17, 15) is 4.79 Å². The van der Waals surface area contributed by atoms with Gasteiger partial charge in [0.05, 0.1) is 16.6 Å². The molecule has 1 N–H and O–H groups in total. The minimum absolute atomic E-state index is 0.167. The van der Waals surface area contributed by atoms with Crippen molar-refractivity contribution >= 4 is 43.6 Å². The Balaban J connectivity index is 1.46. The van der Waals surface area contributed by atoms with E-state index in [-0.39, 0.29) is 12.3 Å². The van der Waals surface area contributed by atoms with Crippen LogP contribution in [0.4, 0.5) is 5.82 Å². The highest BCUT2D eigenvalue weighted by molar-refractivity contribution is 9.10. The predicted octanol–water partition coefficient (Wildman–Crippen LogP) is 5.89. The number of ether oxygens (including phenoxy) is 1. The summed E-state index contributed by atoms with van der Waals surface area (Å²) in [5.74, 6) is 1.23. The minimum Gasteiger partial charge on any atom is -0.489 e. The molecular weight excluding hydrogens is 540 g/mol. The average Bonchev–Trinajstić information content (AvgIpc) is 3.30. The highest BCUT2D eigenvalue weighted by atomic mass is 79.9. The monoisotopic (exact) mass is 558 g/mol. The maximum absolute atomic E-state index is 12.9. The number of aromatic nitrogens is 3. The van der Waals surface area contributed by atoms with E-state index in [0.29, 0.717) is 33.9 Å². The van der Waals surface area contributed by atoms with Gasteiger partial charge in [-0.25, -0.2) is 0 Å². The standard InChI is InChI=1S/C23H20Br2N4O3/c1-14-4-3-5-18(10-14)31-13-19-15(2)32-28-21(19)23(30)26-22-20(25)12-29(27-22)11-16-6-8-17(24)9-7-16/h3-10,12H,11,13H2,1-2H3,(H,26,27,30). The molecule has 164 valence electrons. The van der Waals surface area contributed by atoms with Gasteiger partial charge in [0, 0.05) is 10.7 Å². The van der Waals surface area contributed by atoms with Gasteiger partial charge >= 0.3 is 0 Å². The SMILES string of the molecule is Cc1cccc(OCc2c(C(=O)Nc3nn(Cc4ccc(Br)cc4)cc3Br)noc2C)c1. The molecule has 0 aliphatic rings. The molecule has 2 aromatic carbocycles. The lowest BCUT2D eigenvalue weighted by molar-refractivity contribution is 0.101. The third-order valence-electron chi connectivity index (χ3n) is 4.78. The number of hydrogen-bond donors (Lipinski definition) is 1. The molecule has 2 heterocycles. The van der Waals surface area contributed by atoms with Crippen molar-refractivity contribution in [2.75, 3.05) is 5.32 Å². The topological polar surface area (TPSA) is 82.2 Å². The molecule has 0 atom stereocenters. The van der Waals surface area contributed by atoms with E-state index in [0.717, 1.165) is 15.6 Å². The van der Waals surface area contributed by atoms with Crippen LogP contribution in [0.1, 0.15) is 32.9 Å². The summed E-state index contributed by atoms with van der Waals surface area (Å²) in [5, 5.41) is 11.2. The van der Waals surface area contributed by atoms with Gasteiger partial charge in [0.15, 0.2) is 11.5 Å². The molecule has 2 aromatic heterocycles. The van der Waals surface area contributed by atoms with Crippen molar-refractivity contribution in [3.05, 3.63) is 91.8 Å².